The summed E-state index contributed by atoms with van der Waals surface area (Å²) in [6.45, 7) is 3.91. The van der Waals surface area contributed by atoms with E-state index >= 15 is 0 Å². The molecule has 0 bridgehead atoms. The average Bonchev–Trinajstić information content (AvgIpc) is 3.36. The summed E-state index contributed by atoms with van der Waals surface area (Å²) in [5.74, 6) is -0.604. The van der Waals surface area contributed by atoms with Crippen LogP contribution >= 0.6 is 0 Å². The lowest BCUT2D eigenvalue weighted by molar-refractivity contribution is -0.161. The van der Waals surface area contributed by atoms with E-state index in [1.54, 1.807) is 0 Å². The van der Waals surface area contributed by atoms with Gasteiger partial charge in [0.05, 0.1) is 6.61 Å². The molecule has 0 aromatic rings. The molecule has 0 aliphatic heterocycles. The molecular formula is C65H106O5. The van der Waals surface area contributed by atoms with Gasteiger partial charge in [0.1, 0.15) is 6.61 Å². The van der Waals surface area contributed by atoms with Gasteiger partial charge in [-0.2, -0.15) is 0 Å². The second-order valence-electron chi connectivity index (χ2n) is 18.6. The van der Waals surface area contributed by atoms with Gasteiger partial charge in [0.25, 0.3) is 0 Å². The summed E-state index contributed by atoms with van der Waals surface area (Å²) < 4.78 is 10.7. The SMILES string of the molecule is CC/C=C\C/C=C\C/C=C\C/C=C\C/C=C\C/C=C\CCCCCCCCCCCCC(=O)OC(CO)COC(=O)CCCCCCCCCCCCC/C=C\C/C=C\C/C=C\C/C=C\C/C=C\CC. The van der Waals surface area contributed by atoms with Crippen molar-refractivity contribution in [3.05, 3.63) is 134 Å². The molecule has 0 aromatic carbocycles. The minimum absolute atomic E-state index is 0.0764. The molecule has 0 radical (unpaired) electrons. The number of carbonyl (C=O) groups is 2. The van der Waals surface area contributed by atoms with Crippen LogP contribution < -0.4 is 0 Å². The van der Waals surface area contributed by atoms with Crippen LogP contribution in [0.25, 0.3) is 0 Å². The maximum absolute atomic E-state index is 12.3. The summed E-state index contributed by atoms with van der Waals surface area (Å²) in [6.07, 6.45) is 88.4. The molecule has 0 aliphatic rings. The third-order valence-corrected chi connectivity index (χ3v) is 11.9. The van der Waals surface area contributed by atoms with Crippen LogP contribution in [-0.4, -0.2) is 36.4 Å². The van der Waals surface area contributed by atoms with E-state index in [9.17, 15) is 14.7 Å². The van der Waals surface area contributed by atoms with Gasteiger partial charge in [-0.1, -0.05) is 257 Å². The Morgan fingerprint density at radius 3 is 0.857 bits per heavy atom. The van der Waals surface area contributed by atoms with Crippen molar-refractivity contribution >= 4 is 11.9 Å². The molecule has 0 rings (SSSR count). The number of hydrogen-bond acceptors (Lipinski definition) is 5. The lowest BCUT2D eigenvalue weighted by Gasteiger charge is -2.15. The highest BCUT2D eigenvalue weighted by Gasteiger charge is 2.16. The Morgan fingerprint density at radius 1 is 0.329 bits per heavy atom. The van der Waals surface area contributed by atoms with E-state index in [1.807, 2.05) is 0 Å². The maximum atomic E-state index is 12.3. The molecule has 5 nitrogen and oxygen atoms in total. The Labute approximate surface area is 432 Å². The zero-order valence-corrected chi connectivity index (χ0v) is 45.2. The summed E-state index contributed by atoms with van der Waals surface area (Å²) in [4.78, 5) is 24.6. The van der Waals surface area contributed by atoms with Gasteiger partial charge in [-0.25, -0.2) is 0 Å². The average molecular weight is 968 g/mol. The fraction of sp³-hybridized carbons (Fsp3) is 0.631. The molecular weight excluding hydrogens is 861 g/mol. The third kappa shape index (κ3) is 56.6. The predicted molar refractivity (Wildman–Crippen MR) is 306 cm³/mol. The summed E-state index contributed by atoms with van der Waals surface area (Å²) in [5.41, 5.74) is 0. The van der Waals surface area contributed by atoms with E-state index in [1.165, 1.54) is 109 Å². The van der Waals surface area contributed by atoms with Gasteiger partial charge in [0.15, 0.2) is 6.10 Å². The minimum Gasteiger partial charge on any atom is -0.462 e. The van der Waals surface area contributed by atoms with Crippen LogP contribution in [0.2, 0.25) is 0 Å². The summed E-state index contributed by atoms with van der Waals surface area (Å²) >= 11 is 0. The minimum atomic E-state index is -0.786. The molecule has 0 aliphatic carbocycles. The first-order chi connectivity index (χ1) is 34.6. The molecule has 0 saturated heterocycles. The number of aliphatic hydroxyl groups excluding tert-OH is 1. The second kappa shape index (κ2) is 59.3. The van der Waals surface area contributed by atoms with Crippen molar-refractivity contribution in [3.63, 3.8) is 0 Å². The molecule has 1 atom stereocenters. The molecule has 0 fully saturated rings. The largest absolute Gasteiger partial charge is 0.462 e. The van der Waals surface area contributed by atoms with Gasteiger partial charge >= 0.3 is 11.9 Å². The highest BCUT2D eigenvalue weighted by molar-refractivity contribution is 5.70. The monoisotopic (exact) mass is 967 g/mol. The number of esters is 2. The molecule has 70 heavy (non-hydrogen) atoms. The van der Waals surface area contributed by atoms with Crippen LogP contribution in [0.4, 0.5) is 0 Å². The van der Waals surface area contributed by atoms with Gasteiger partial charge in [0.2, 0.25) is 0 Å². The van der Waals surface area contributed by atoms with E-state index in [0.717, 1.165) is 109 Å². The van der Waals surface area contributed by atoms with Crippen LogP contribution in [0, 0.1) is 0 Å². The molecule has 0 saturated carbocycles. The molecule has 5 heteroatoms. The first-order valence-corrected chi connectivity index (χ1v) is 28.7. The topological polar surface area (TPSA) is 72.8 Å². The Hall–Kier alpha value is -3.96. The third-order valence-electron chi connectivity index (χ3n) is 11.9. The quantitative estimate of drug-likeness (QED) is 0.0374. The first kappa shape index (κ1) is 66.0. The van der Waals surface area contributed by atoms with E-state index < -0.39 is 6.10 Å². The van der Waals surface area contributed by atoms with Gasteiger partial charge in [0, 0.05) is 12.8 Å². The van der Waals surface area contributed by atoms with Crippen LogP contribution in [0.5, 0.6) is 0 Å². The smallest absolute Gasteiger partial charge is 0.306 e. The van der Waals surface area contributed by atoms with E-state index in [-0.39, 0.29) is 25.2 Å². The van der Waals surface area contributed by atoms with Gasteiger partial charge < -0.3 is 14.6 Å². The Balaban J connectivity index is 3.55. The standard InChI is InChI=1S/C65H106O5/c1-3-5-7-9-11-13-15-17-19-21-23-25-27-29-31-32-34-36-38-40-42-44-46-48-50-52-54-56-58-60-65(68)70-63(61-66)62-69-64(67)59-57-55-53-51-49-47-45-43-41-39-37-35-33-30-28-26-24-22-20-18-16-14-12-10-8-6-4-2/h5-8,11-14,17-20,23-26,29-31,33-34,36,63,66H,3-4,9-10,15-16,21-22,27-28,32,35,37-62H2,1-2H3/b7-5-,8-6-,13-11-,14-12-,19-17-,20-18-,25-23-,26-24-,31-29-,33-30-,36-34-. The summed E-state index contributed by atoms with van der Waals surface area (Å²) in [7, 11) is 0. The number of allylic oxidation sites excluding steroid dienone is 22. The lowest BCUT2D eigenvalue weighted by Crippen LogP contribution is -2.28. The van der Waals surface area contributed by atoms with Gasteiger partial charge in [-0.05, 0) is 109 Å². The van der Waals surface area contributed by atoms with E-state index in [2.05, 4.69) is 148 Å². The first-order valence-electron chi connectivity index (χ1n) is 28.7. The number of ether oxygens (including phenoxy) is 2. The fourth-order valence-electron chi connectivity index (χ4n) is 7.70. The Bertz CT molecular complexity index is 1470. The molecule has 0 spiro atoms. The second-order valence-corrected chi connectivity index (χ2v) is 18.6. The van der Waals surface area contributed by atoms with Crippen molar-refractivity contribution in [2.75, 3.05) is 13.2 Å². The number of aliphatic hydroxyl groups is 1. The molecule has 0 aromatic heterocycles. The van der Waals surface area contributed by atoms with Crippen LogP contribution in [-0.2, 0) is 19.1 Å². The normalized spacial score (nSPS) is 13.2. The van der Waals surface area contributed by atoms with Crippen molar-refractivity contribution < 1.29 is 24.2 Å². The van der Waals surface area contributed by atoms with Crippen molar-refractivity contribution in [1.82, 2.24) is 0 Å². The van der Waals surface area contributed by atoms with Crippen molar-refractivity contribution in [2.45, 2.75) is 251 Å². The highest BCUT2D eigenvalue weighted by atomic mass is 16.6. The number of hydrogen-bond donors (Lipinski definition) is 1. The molecule has 1 unspecified atom stereocenters. The number of unbranched alkanes of at least 4 members (excludes halogenated alkanes) is 21. The van der Waals surface area contributed by atoms with Crippen molar-refractivity contribution in [3.8, 4) is 0 Å². The molecule has 0 heterocycles. The van der Waals surface area contributed by atoms with E-state index in [0.29, 0.717) is 12.8 Å². The van der Waals surface area contributed by atoms with E-state index in [4.69, 9.17) is 9.47 Å². The molecule has 396 valence electrons. The number of carbonyl (C=O) groups excluding carboxylic acids is 2. The zero-order valence-electron chi connectivity index (χ0n) is 45.2. The van der Waals surface area contributed by atoms with Gasteiger partial charge in [-0.3, -0.25) is 9.59 Å². The van der Waals surface area contributed by atoms with Crippen molar-refractivity contribution in [1.29, 1.82) is 0 Å². The summed E-state index contributed by atoms with van der Waals surface area (Å²) in [6, 6.07) is 0. The number of rotatable bonds is 51. The Morgan fingerprint density at radius 2 is 0.571 bits per heavy atom. The zero-order chi connectivity index (χ0) is 50.6. The van der Waals surface area contributed by atoms with Crippen LogP contribution in [0.15, 0.2) is 134 Å². The lowest BCUT2D eigenvalue weighted by atomic mass is 10.0. The highest BCUT2D eigenvalue weighted by Crippen LogP contribution is 2.15. The van der Waals surface area contributed by atoms with Crippen LogP contribution in [0.1, 0.15) is 245 Å². The summed E-state index contributed by atoms with van der Waals surface area (Å²) in [5, 5.41) is 9.66. The van der Waals surface area contributed by atoms with Crippen LogP contribution in [0.3, 0.4) is 0 Å². The molecule has 0 amide bonds. The molecule has 1 N–H and O–H groups in total. The van der Waals surface area contributed by atoms with Crippen molar-refractivity contribution in [2.24, 2.45) is 0 Å². The van der Waals surface area contributed by atoms with Gasteiger partial charge in [-0.15, -0.1) is 0 Å². The maximum Gasteiger partial charge on any atom is 0.306 e. The fourth-order valence-corrected chi connectivity index (χ4v) is 7.70. The predicted octanol–water partition coefficient (Wildman–Crippen LogP) is 19.6. The Kier molecular flexibility index (Phi) is 56.0.